The van der Waals surface area contributed by atoms with E-state index < -0.39 is 23.5 Å². The van der Waals surface area contributed by atoms with Crippen LogP contribution >= 0.6 is 27.5 Å². The minimum absolute atomic E-state index is 0.0362. The van der Waals surface area contributed by atoms with Crippen molar-refractivity contribution in [1.29, 1.82) is 0 Å². The first kappa shape index (κ1) is 16.3. The molecule has 0 aromatic heterocycles. The van der Waals surface area contributed by atoms with Gasteiger partial charge in [-0.2, -0.15) is 0 Å². The molecule has 0 saturated heterocycles. The first-order valence-corrected chi connectivity index (χ1v) is 7.45. The Morgan fingerprint density at radius 1 is 1.10 bits per heavy atom. The van der Waals surface area contributed by atoms with Gasteiger partial charge in [0.25, 0.3) is 0 Å². The van der Waals surface area contributed by atoms with E-state index in [0.717, 1.165) is 6.07 Å². The molecule has 112 valence electrons. The molecule has 2 aromatic rings. The summed E-state index contributed by atoms with van der Waals surface area (Å²) in [5.74, 6) is -2.64. The molecule has 0 heterocycles. The Kier molecular flexibility index (Phi) is 5.30. The Morgan fingerprint density at radius 2 is 1.76 bits per heavy atom. The molecule has 1 nitrogen and oxygen atoms in total. The van der Waals surface area contributed by atoms with Gasteiger partial charge in [-0.05, 0) is 34.6 Å². The monoisotopic (exact) mass is 377 g/mol. The highest BCUT2D eigenvalue weighted by Gasteiger charge is 2.23. The third-order valence-electron chi connectivity index (χ3n) is 3.08. The summed E-state index contributed by atoms with van der Waals surface area (Å²) in [6.07, 6.45) is 0. The molecule has 0 saturated carbocycles. The highest BCUT2D eigenvalue weighted by Crippen LogP contribution is 2.34. The standard InChI is InChI=1S/C15H12BrClF3N/c1-2-21-15(8-4-3-5-11(18)13(8)19)9-6-7-10(16)12(17)14(9)20/h3-7,15,21H,2H2,1H3. The minimum Gasteiger partial charge on any atom is -0.306 e. The molecule has 0 amide bonds. The summed E-state index contributed by atoms with van der Waals surface area (Å²) < 4.78 is 42.1. The maximum atomic E-state index is 14.3. The fourth-order valence-electron chi connectivity index (χ4n) is 2.10. The number of nitrogens with one attached hydrogen (secondary N) is 1. The van der Waals surface area contributed by atoms with E-state index in [1.54, 1.807) is 13.0 Å². The Balaban J connectivity index is 2.59. The zero-order valence-corrected chi connectivity index (χ0v) is 13.4. The van der Waals surface area contributed by atoms with Crippen LogP contribution < -0.4 is 5.32 Å². The topological polar surface area (TPSA) is 12.0 Å². The van der Waals surface area contributed by atoms with E-state index in [9.17, 15) is 13.2 Å². The fraction of sp³-hybridized carbons (Fsp3) is 0.200. The largest absolute Gasteiger partial charge is 0.306 e. The predicted molar refractivity (Wildman–Crippen MR) is 81.0 cm³/mol. The summed E-state index contributed by atoms with van der Waals surface area (Å²) in [5.41, 5.74) is 0.198. The zero-order chi connectivity index (χ0) is 15.6. The summed E-state index contributed by atoms with van der Waals surface area (Å²) in [6.45, 7) is 2.25. The lowest BCUT2D eigenvalue weighted by atomic mass is 9.97. The number of hydrogen-bond donors (Lipinski definition) is 1. The molecule has 1 unspecified atom stereocenters. The van der Waals surface area contributed by atoms with Gasteiger partial charge in [0.1, 0.15) is 5.82 Å². The van der Waals surface area contributed by atoms with Crippen LogP contribution in [0.1, 0.15) is 24.1 Å². The molecule has 2 aromatic carbocycles. The van der Waals surface area contributed by atoms with Crippen LogP contribution in [-0.2, 0) is 0 Å². The van der Waals surface area contributed by atoms with Crippen LogP contribution in [0.3, 0.4) is 0 Å². The maximum absolute atomic E-state index is 14.3. The van der Waals surface area contributed by atoms with Crippen molar-refractivity contribution in [3.05, 3.63) is 68.4 Å². The molecule has 6 heteroatoms. The van der Waals surface area contributed by atoms with Crippen molar-refractivity contribution in [2.75, 3.05) is 6.54 Å². The predicted octanol–water partition coefficient (Wildman–Crippen LogP) is 5.22. The van der Waals surface area contributed by atoms with Crippen LogP contribution in [0.5, 0.6) is 0 Å². The van der Waals surface area contributed by atoms with Crippen molar-refractivity contribution >= 4 is 27.5 Å². The van der Waals surface area contributed by atoms with Crippen molar-refractivity contribution in [3.8, 4) is 0 Å². The van der Waals surface area contributed by atoms with Crippen LogP contribution in [0.25, 0.3) is 0 Å². The smallest absolute Gasteiger partial charge is 0.163 e. The van der Waals surface area contributed by atoms with Crippen LogP contribution in [0.2, 0.25) is 5.02 Å². The normalized spacial score (nSPS) is 12.5. The van der Waals surface area contributed by atoms with Crippen molar-refractivity contribution in [1.82, 2.24) is 5.32 Å². The third kappa shape index (κ3) is 3.25. The third-order valence-corrected chi connectivity index (χ3v) is 4.34. The molecule has 21 heavy (non-hydrogen) atoms. The summed E-state index contributed by atoms with van der Waals surface area (Å²) in [5, 5.41) is 2.86. The van der Waals surface area contributed by atoms with Gasteiger partial charge in [-0.25, -0.2) is 13.2 Å². The molecule has 0 aliphatic carbocycles. The Bertz CT molecular complexity index is 664. The van der Waals surface area contributed by atoms with Gasteiger partial charge in [0, 0.05) is 15.6 Å². The number of rotatable bonds is 4. The summed E-state index contributed by atoms with van der Waals surface area (Å²) in [6, 6.07) is 6.06. The van der Waals surface area contributed by atoms with E-state index >= 15 is 0 Å². The maximum Gasteiger partial charge on any atom is 0.163 e. The van der Waals surface area contributed by atoms with Gasteiger partial charge in [-0.15, -0.1) is 0 Å². The minimum atomic E-state index is -0.998. The number of halogens is 5. The van der Waals surface area contributed by atoms with Crippen LogP contribution in [0.4, 0.5) is 13.2 Å². The van der Waals surface area contributed by atoms with Gasteiger partial charge in [0.05, 0.1) is 11.1 Å². The lowest BCUT2D eigenvalue weighted by Gasteiger charge is -2.21. The van der Waals surface area contributed by atoms with Gasteiger partial charge in [-0.3, -0.25) is 0 Å². The van der Waals surface area contributed by atoms with Crippen molar-refractivity contribution in [2.45, 2.75) is 13.0 Å². The fourth-order valence-corrected chi connectivity index (χ4v) is 2.58. The van der Waals surface area contributed by atoms with Gasteiger partial charge in [0.15, 0.2) is 11.6 Å². The molecule has 0 aliphatic heterocycles. The van der Waals surface area contributed by atoms with Crippen molar-refractivity contribution in [2.24, 2.45) is 0 Å². The average molecular weight is 379 g/mol. The Morgan fingerprint density at radius 3 is 2.43 bits per heavy atom. The van der Waals surface area contributed by atoms with E-state index in [1.807, 2.05) is 0 Å². The highest BCUT2D eigenvalue weighted by atomic mass is 79.9. The van der Waals surface area contributed by atoms with E-state index in [0.29, 0.717) is 11.0 Å². The molecule has 1 atom stereocenters. The summed E-state index contributed by atoms with van der Waals surface area (Å²) >= 11 is 8.99. The Hall–Kier alpha value is -1.04. The second kappa shape index (κ2) is 6.81. The molecule has 0 bridgehead atoms. The highest BCUT2D eigenvalue weighted by molar-refractivity contribution is 9.10. The lowest BCUT2D eigenvalue weighted by molar-refractivity contribution is 0.477. The lowest BCUT2D eigenvalue weighted by Crippen LogP contribution is -2.24. The summed E-state index contributed by atoms with van der Waals surface area (Å²) in [7, 11) is 0. The van der Waals surface area contributed by atoms with E-state index in [2.05, 4.69) is 21.2 Å². The number of hydrogen-bond acceptors (Lipinski definition) is 1. The van der Waals surface area contributed by atoms with Gasteiger partial charge in [-0.1, -0.05) is 36.7 Å². The van der Waals surface area contributed by atoms with Crippen molar-refractivity contribution in [3.63, 3.8) is 0 Å². The molecule has 0 spiro atoms. The quantitative estimate of drug-likeness (QED) is 0.719. The molecule has 0 aliphatic rings. The van der Waals surface area contributed by atoms with Gasteiger partial charge in [0.2, 0.25) is 0 Å². The molecule has 0 radical (unpaired) electrons. The molecular formula is C15H12BrClF3N. The second-order valence-electron chi connectivity index (χ2n) is 4.40. The number of benzene rings is 2. The summed E-state index contributed by atoms with van der Waals surface area (Å²) in [4.78, 5) is 0. The first-order valence-electron chi connectivity index (χ1n) is 6.28. The second-order valence-corrected chi connectivity index (χ2v) is 5.63. The Labute approximate surface area is 134 Å². The molecule has 1 N–H and O–H groups in total. The molecular weight excluding hydrogens is 367 g/mol. The van der Waals surface area contributed by atoms with E-state index in [1.165, 1.54) is 18.2 Å². The van der Waals surface area contributed by atoms with E-state index in [4.69, 9.17) is 11.6 Å². The van der Waals surface area contributed by atoms with Crippen LogP contribution in [-0.4, -0.2) is 6.54 Å². The average Bonchev–Trinajstić information content (AvgIpc) is 2.46. The SMILES string of the molecule is CCNC(c1cccc(F)c1F)c1ccc(Br)c(Cl)c1F. The van der Waals surface area contributed by atoms with Gasteiger partial charge >= 0.3 is 0 Å². The van der Waals surface area contributed by atoms with E-state index in [-0.39, 0.29) is 16.1 Å². The van der Waals surface area contributed by atoms with Crippen LogP contribution in [0, 0.1) is 17.5 Å². The first-order chi connectivity index (χ1) is 9.97. The molecule has 0 fully saturated rings. The van der Waals surface area contributed by atoms with Crippen LogP contribution in [0.15, 0.2) is 34.8 Å². The van der Waals surface area contributed by atoms with Crippen molar-refractivity contribution < 1.29 is 13.2 Å². The molecule has 2 rings (SSSR count). The zero-order valence-electron chi connectivity index (χ0n) is 11.1. The van der Waals surface area contributed by atoms with Gasteiger partial charge < -0.3 is 5.32 Å².